The number of carboxylic acid groups (broad SMARTS) is 1. The SMILES string of the molecule is O=C(O)c1ccc(CCN2C(=O)CCN2CCC[CH-]O)cc1.[U].[V]. The minimum atomic E-state index is -0.937. The summed E-state index contributed by atoms with van der Waals surface area (Å²) in [6.07, 6.45) is 2.65. The standard InChI is InChI=1S/C16H21N2O4.U.V/c19-12-2-1-9-17-10-8-15(20)18(17)11-7-13-3-5-14(6-4-13)16(21)22;;/h3-6,12,19H,1-2,7-11H2,(H,21,22);;/q-1;;. The molecule has 6 nitrogen and oxygen atoms in total. The number of hydrazine groups is 1. The van der Waals surface area contributed by atoms with Crippen LogP contribution in [-0.4, -0.2) is 51.7 Å². The van der Waals surface area contributed by atoms with Crippen molar-refractivity contribution < 1.29 is 69.5 Å². The molecule has 0 bridgehead atoms. The van der Waals surface area contributed by atoms with Crippen LogP contribution in [0.1, 0.15) is 35.2 Å². The topological polar surface area (TPSA) is 81.1 Å². The van der Waals surface area contributed by atoms with Crippen LogP contribution in [0, 0.1) is 37.7 Å². The second kappa shape index (κ2) is 12.1. The first kappa shape index (κ1) is 23.7. The number of hydrogen-bond acceptors (Lipinski definition) is 4. The number of carbonyl (C=O) groups is 2. The molecule has 1 aliphatic heterocycles. The summed E-state index contributed by atoms with van der Waals surface area (Å²) >= 11 is 0. The molecule has 0 saturated carbocycles. The molecule has 2 N–H and O–H groups in total. The Hall–Kier alpha value is -0.284. The molecule has 1 heterocycles. The number of amides is 1. The van der Waals surface area contributed by atoms with Crippen LogP contribution in [0.2, 0.25) is 0 Å². The number of nitrogens with zero attached hydrogens (tertiary/aromatic N) is 2. The van der Waals surface area contributed by atoms with Crippen molar-refractivity contribution in [3.63, 3.8) is 0 Å². The van der Waals surface area contributed by atoms with E-state index >= 15 is 0 Å². The maximum Gasteiger partial charge on any atom is 0.335 e. The van der Waals surface area contributed by atoms with E-state index in [4.69, 9.17) is 10.2 Å². The fourth-order valence-electron chi connectivity index (χ4n) is 2.54. The van der Waals surface area contributed by atoms with Gasteiger partial charge >= 0.3 is 5.97 Å². The van der Waals surface area contributed by atoms with Crippen molar-refractivity contribution in [3.8, 4) is 0 Å². The molecule has 1 aromatic carbocycles. The van der Waals surface area contributed by atoms with Crippen LogP contribution >= 0.6 is 0 Å². The zero-order valence-corrected chi connectivity index (χ0v) is 18.9. The zero-order valence-electron chi connectivity index (χ0n) is 13.4. The van der Waals surface area contributed by atoms with Gasteiger partial charge in [-0.2, -0.15) is 6.42 Å². The monoisotopic (exact) mass is 594 g/mol. The summed E-state index contributed by atoms with van der Waals surface area (Å²) in [6, 6.07) is 6.74. The van der Waals surface area contributed by atoms with Gasteiger partial charge in [0.1, 0.15) is 0 Å². The minimum Gasteiger partial charge on any atom is -0.566 e. The van der Waals surface area contributed by atoms with Crippen LogP contribution in [0.25, 0.3) is 0 Å². The van der Waals surface area contributed by atoms with Gasteiger partial charge in [0.25, 0.3) is 0 Å². The molecule has 1 radical (unpaired) electrons. The van der Waals surface area contributed by atoms with Crippen molar-refractivity contribution in [2.45, 2.75) is 25.7 Å². The van der Waals surface area contributed by atoms with Gasteiger partial charge in [-0.15, -0.1) is 0 Å². The third-order valence-corrected chi connectivity index (χ3v) is 3.78. The predicted molar refractivity (Wildman–Crippen MR) is 80.5 cm³/mol. The van der Waals surface area contributed by atoms with Gasteiger partial charge in [-0.1, -0.05) is 18.6 Å². The molecule has 1 amide bonds. The van der Waals surface area contributed by atoms with Gasteiger partial charge in [0.05, 0.1) is 5.56 Å². The number of carboxylic acids is 1. The Balaban J connectivity index is 0.00000264. The van der Waals surface area contributed by atoms with E-state index in [1.807, 2.05) is 5.01 Å². The molecule has 1 aliphatic rings. The smallest absolute Gasteiger partial charge is 0.335 e. The van der Waals surface area contributed by atoms with E-state index in [-0.39, 0.29) is 61.1 Å². The average molecular weight is 594 g/mol. The normalized spacial score (nSPS) is 14.2. The van der Waals surface area contributed by atoms with Gasteiger partial charge in [0.15, 0.2) is 0 Å². The quantitative estimate of drug-likeness (QED) is 0.354. The number of hydrogen-bond donors (Lipinski definition) is 2. The summed E-state index contributed by atoms with van der Waals surface area (Å²) in [7, 11) is 0. The van der Waals surface area contributed by atoms with Gasteiger partial charge in [-0.3, -0.25) is 9.80 Å². The third-order valence-electron chi connectivity index (χ3n) is 3.78. The molecule has 0 aromatic heterocycles. The molecular weight excluding hydrogens is 573 g/mol. The molecule has 0 spiro atoms. The zero-order chi connectivity index (χ0) is 15.9. The van der Waals surface area contributed by atoms with Crippen molar-refractivity contribution in [2.75, 3.05) is 19.6 Å². The predicted octanol–water partition coefficient (Wildman–Crippen LogP) is 1.69. The summed E-state index contributed by atoms with van der Waals surface area (Å²) in [5.41, 5.74) is 1.27. The fourth-order valence-corrected chi connectivity index (χ4v) is 2.54. The van der Waals surface area contributed by atoms with Crippen molar-refractivity contribution in [3.05, 3.63) is 42.0 Å². The molecule has 129 valence electrons. The number of aliphatic hydroxyl groups is 1. The summed E-state index contributed by atoms with van der Waals surface area (Å²) in [5.74, 6) is -0.816. The Morgan fingerprint density at radius 2 is 1.88 bits per heavy atom. The van der Waals surface area contributed by atoms with E-state index in [2.05, 4.69) is 0 Å². The van der Waals surface area contributed by atoms with Crippen LogP contribution < -0.4 is 0 Å². The minimum absolute atomic E-state index is 0. The van der Waals surface area contributed by atoms with Crippen LogP contribution in [0.15, 0.2) is 24.3 Å². The van der Waals surface area contributed by atoms with Gasteiger partial charge in [0, 0.05) is 75.7 Å². The fraction of sp³-hybridized carbons (Fsp3) is 0.438. The molecule has 0 atom stereocenters. The van der Waals surface area contributed by atoms with Gasteiger partial charge in [-0.05, 0) is 24.1 Å². The molecule has 0 aliphatic carbocycles. The first-order valence-electron chi connectivity index (χ1n) is 7.45. The number of benzene rings is 1. The molecule has 1 fully saturated rings. The van der Waals surface area contributed by atoms with Crippen LogP contribution in [0.4, 0.5) is 0 Å². The molecule has 2 rings (SSSR count). The molecule has 24 heavy (non-hydrogen) atoms. The summed E-state index contributed by atoms with van der Waals surface area (Å²) in [5, 5.41) is 21.4. The molecule has 1 aromatic rings. The van der Waals surface area contributed by atoms with Crippen molar-refractivity contribution in [1.82, 2.24) is 10.0 Å². The summed E-state index contributed by atoms with van der Waals surface area (Å²) < 4.78 is 0. The van der Waals surface area contributed by atoms with Crippen molar-refractivity contribution in [1.29, 1.82) is 0 Å². The molecule has 0 unspecified atom stereocenters. The van der Waals surface area contributed by atoms with Crippen molar-refractivity contribution >= 4 is 11.9 Å². The number of carbonyl (C=O) groups excluding carboxylic acids is 1. The van der Waals surface area contributed by atoms with E-state index < -0.39 is 5.97 Å². The van der Waals surface area contributed by atoms with E-state index in [0.29, 0.717) is 25.8 Å². The van der Waals surface area contributed by atoms with E-state index in [1.165, 1.54) is 0 Å². The van der Waals surface area contributed by atoms with E-state index in [1.54, 1.807) is 29.3 Å². The first-order chi connectivity index (χ1) is 10.6. The molecule has 1 saturated heterocycles. The van der Waals surface area contributed by atoms with Gasteiger partial charge < -0.3 is 10.2 Å². The second-order valence-electron chi connectivity index (χ2n) is 5.30. The Bertz CT molecular complexity index is 527. The second-order valence-corrected chi connectivity index (χ2v) is 5.30. The molecule has 8 heteroatoms. The number of unbranched alkanes of at least 4 members (excludes halogenated alkanes) is 1. The van der Waals surface area contributed by atoms with Crippen molar-refractivity contribution in [2.24, 2.45) is 0 Å². The Kier molecular flexibility index (Phi) is 12.0. The number of rotatable bonds is 8. The van der Waals surface area contributed by atoms with Crippen LogP contribution in [0.3, 0.4) is 0 Å². The maximum atomic E-state index is 11.9. The largest absolute Gasteiger partial charge is 0.566 e. The summed E-state index contributed by atoms with van der Waals surface area (Å²) in [6.45, 7) is 3.21. The van der Waals surface area contributed by atoms with Crippen LogP contribution in [0.5, 0.6) is 0 Å². The number of aliphatic hydroxyl groups excluding tert-OH is 1. The Morgan fingerprint density at radius 1 is 1.21 bits per heavy atom. The average Bonchev–Trinajstić information content (AvgIpc) is 2.86. The van der Waals surface area contributed by atoms with Gasteiger partial charge in [-0.25, -0.2) is 16.4 Å². The first-order valence-corrected chi connectivity index (χ1v) is 7.45. The number of aromatic carboxylic acids is 1. The van der Waals surface area contributed by atoms with Crippen LogP contribution in [-0.2, 0) is 29.8 Å². The molecular formula is C16H21N2O4UV-. The summed E-state index contributed by atoms with van der Waals surface area (Å²) in [4.78, 5) is 22.7. The Labute approximate surface area is 177 Å². The van der Waals surface area contributed by atoms with E-state index in [0.717, 1.165) is 31.7 Å². The Morgan fingerprint density at radius 3 is 2.46 bits per heavy atom. The van der Waals surface area contributed by atoms with E-state index in [9.17, 15) is 9.59 Å². The maximum absolute atomic E-state index is 11.9. The third kappa shape index (κ3) is 6.91. The van der Waals surface area contributed by atoms with Gasteiger partial charge in [0.2, 0.25) is 5.91 Å².